The van der Waals surface area contributed by atoms with Crippen molar-refractivity contribution in [2.75, 3.05) is 33.9 Å². The smallest absolute Gasteiger partial charge is 0.169 e. The normalized spacial score (nSPS) is 26.0. The monoisotopic (exact) mass is 440 g/mol. The summed E-state index contributed by atoms with van der Waals surface area (Å²) < 4.78 is 12.6. The average molecular weight is 441 g/mol. The third-order valence-corrected chi connectivity index (χ3v) is 6.85. The topological polar surface area (TPSA) is 33.7 Å². The van der Waals surface area contributed by atoms with Gasteiger partial charge in [0.25, 0.3) is 0 Å². The molecule has 0 spiro atoms. The maximum Gasteiger partial charge on any atom is 0.169 e. The summed E-state index contributed by atoms with van der Waals surface area (Å²) in [5.41, 5.74) is 1.07. The molecule has 144 valence electrons. The highest BCUT2D eigenvalue weighted by molar-refractivity contribution is 9.10. The molecule has 6 heteroatoms. The first kappa shape index (κ1) is 20.2. The molecule has 0 amide bonds. The third-order valence-electron chi connectivity index (χ3n) is 5.95. The molecule has 3 rings (SSSR count). The van der Waals surface area contributed by atoms with Gasteiger partial charge in [0.1, 0.15) is 4.99 Å². The van der Waals surface area contributed by atoms with Crippen LogP contribution >= 0.6 is 28.1 Å². The van der Waals surface area contributed by atoms with Crippen LogP contribution in [0.2, 0.25) is 0 Å². The first-order chi connectivity index (χ1) is 12.6. The molecule has 4 nitrogen and oxygen atoms in total. The maximum absolute atomic E-state index is 5.77. The van der Waals surface area contributed by atoms with Gasteiger partial charge in [-0.1, -0.05) is 40.3 Å². The quantitative estimate of drug-likeness (QED) is 0.534. The summed E-state index contributed by atoms with van der Waals surface area (Å²) in [7, 11) is 3.54. The average Bonchev–Trinajstić information content (AvgIpc) is 3.21. The lowest BCUT2D eigenvalue weighted by Gasteiger charge is -2.46. The molecule has 1 aromatic carbocycles. The number of nitrogens with one attached hydrogen (secondary N) is 1. The zero-order chi connectivity index (χ0) is 18.6. The van der Waals surface area contributed by atoms with Crippen LogP contribution in [0.4, 0.5) is 0 Å². The van der Waals surface area contributed by atoms with Crippen molar-refractivity contribution in [3.8, 4) is 0 Å². The summed E-state index contributed by atoms with van der Waals surface area (Å²) in [5, 5.41) is 3.51. The highest BCUT2D eigenvalue weighted by atomic mass is 79.9. The minimum Gasteiger partial charge on any atom is -0.375 e. The number of hydrogen-bond donors (Lipinski definition) is 1. The molecule has 0 aromatic heterocycles. The molecule has 1 N–H and O–H groups in total. The van der Waals surface area contributed by atoms with E-state index in [1.54, 1.807) is 14.2 Å². The van der Waals surface area contributed by atoms with E-state index in [-0.39, 0.29) is 0 Å². The summed E-state index contributed by atoms with van der Waals surface area (Å²) in [6.07, 6.45) is 5.53. The second-order valence-electron chi connectivity index (χ2n) is 7.35. The van der Waals surface area contributed by atoms with Gasteiger partial charge in [0.15, 0.2) is 5.79 Å². The van der Waals surface area contributed by atoms with Gasteiger partial charge in [0.2, 0.25) is 0 Å². The molecular weight excluding hydrogens is 412 g/mol. The van der Waals surface area contributed by atoms with E-state index in [9.17, 15) is 0 Å². The molecule has 1 heterocycles. The summed E-state index contributed by atoms with van der Waals surface area (Å²) in [6, 6.07) is 8.65. The second kappa shape index (κ2) is 9.11. The molecule has 2 aliphatic rings. The molecule has 0 radical (unpaired) electrons. The minimum absolute atomic E-state index is 0.435. The van der Waals surface area contributed by atoms with Crippen LogP contribution in [0.5, 0.6) is 0 Å². The van der Waals surface area contributed by atoms with Gasteiger partial charge in [-0.3, -0.25) is 4.90 Å². The number of hydrogen-bond acceptors (Lipinski definition) is 4. The molecule has 0 bridgehead atoms. The Bertz CT molecular complexity index is 600. The van der Waals surface area contributed by atoms with E-state index in [0.29, 0.717) is 12.0 Å². The van der Waals surface area contributed by atoms with Gasteiger partial charge in [-0.25, -0.2) is 0 Å². The van der Waals surface area contributed by atoms with E-state index in [4.69, 9.17) is 21.7 Å². The van der Waals surface area contributed by atoms with Crippen LogP contribution in [-0.2, 0) is 9.47 Å². The highest BCUT2D eigenvalue weighted by Gasteiger charge is 2.44. The van der Waals surface area contributed by atoms with E-state index < -0.39 is 5.79 Å². The number of methoxy groups -OCH3 is 2. The predicted octanol–water partition coefficient (Wildman–Crippen LogP) is 3.97. The van der Waals surface area contributed by atoms with Gasteiger partial charge in [0.05, 0.1) is 0 Å². The predicted molar refractivity (Wildman–Crippen MR) is 113 cm³/mol. The third kappa shape index (κ3) is 4.65. The van der Waals surface area contributed by atoms with Crippen molar-refractivity contribution in [3.05, 3.63) is 34.3 Å². The Balaban J connectivity index is 1.65. The van der Waals surface area contributed by atoms with Crippen molar-refractivity contribution in [2.45, 2.75) is 43.9 Å². The fourth-order valence-corrected chi connectivity index (χ4v) is 4.79. The SMILES string of the molecule is COC1(OC)CCC(CNC(=S)c2ccc(Br)cc2)C(N2CCCC2)C1. The Morgan fingerprint density at radius 2 is 1.88 bits per heavy atom. The van der Waals surface area contributed by atoms with E-state index in [0.717, 1.165) is 40.8 Å². The summed E-state index contributed by atoms with van der Waals surface area (Å²) in [4.78, 5) is 3.45. The van der Waals surface area contributed by atoms with Gasteiger partial charge < -0.3 is 14.8 Å². The van der Waals surface area contributed by atoms with Crippen molar-refractivity contribution < 1.29 is 9.47 Å². The number of thiocarbonyl (C=S) groups is 1. The van der Waals surface area contributed by atoms with Crippen LogP contribution in [0.15, 0.2) is 28.7 Å². The van der Waals surface area contributed by atoms with Crippen LogP contribution in [0.3, 0.4) is 0 Å². The molecule has 1 aliphatic carbocycles. The van der Waals surface area contributed by atoms with Crippen LogP contribution in [0.1, 0.15) is 37.7 Å². The second-order valence-corrected chi connectivity index (χ2v) is 8.67. The van der Waals surface area contributed by atoms with Crippen molar-refractivity contribution in [1.29, 1.82) is 0 Å². The summed E-state index contributed by atoms with van der Waals surface area (Å²) >= 11 is 9.08. The number of halogens is 1. The zero-order valence-corrected chi connectivity index (χ0v) is 18.1. The van der Waals surface area contributed by atoms with Gasteiger partial charge in [-0.2, -0.15) is 0 Å². The molecule has 26 heavy (non-hydrogen) atoms. The van der Waals surface area contributed by atoms with E-state index >= 15 is 0 Å². The Morgan fingerprint density at radius 3 is 2.50 bits per heavy atom. The van der Waals surface area contributed by atoms with Crippen LogP contribution in [0, 0.1) is 5.92 Å². The molecule has 1 aliphatic heterocycles. The van der Waals surface area contributed by atoms with Crippen molar-refractivity contribution in [1.82, 2.24) is 10.2 Å². The fraction of sp³-hybridized carbons (Fsp3) is 0.650. The van der Waals surface area contributed by atoms with Crippen LogP contribution in [0.25, 0.3) is 0 Å². The Morgan fingerprint density at radius 1 is 1.23 bits per heavy atom. The molecular formula is C20H29BrN2O2S. The Hall–Kier alpha value is -0.530. The van der Waals surface area contributed by atoms with Gasteiger partial charge in [-0.05, 0) is 50.4 Å². The molecule has 2 unspecified atom stereocenters. The lowest BCUT2D eigenvalue weighted by molar-refractivity contribution is -0.238. The molecule has 1 saturated heterocycles. The number of benzene rings is 1. The Labute approximate surface area is 170 Å². The molecule has 2 atom stereocenters. The molecule has 2 fully saturated rings. The van der Waals surface area contributed by atoms with E-state index in [1.165, 1.54) is 25.9 Å². The number of ether oxygens (including phenoxy) is 2. The maximum atomic E-state index is 5.77. The standard InChI is InChI=1S/C20H29BrN2O2S/c1-24-20(25-2)10-9-16(18(13-20)23-11-3-4-12-23)14-22-19(26)15-5-7-17(21)8-6-15/h5-8,16,18H,3-4,9-14H2,1-2H3,(H,22,26). The summed E-state index contributed by atoms with van der Waals surface area (Å²) in [6.45, 7) is 3.27. The fourth-order valence-electron chi connectivity index (χ4n) is 4.30. The van der Waals surface area contributed by atoms with Gasteiger partial charge in [0, 0.05) is 49.7 Å². The van der Waals surface area contributed by atoms with Crippen LogP contribution in [-0.4, -0.2) is 55.6 Å². The largest absolute Gasteiger partial charge is 0.375 e. The molecule has 1 saturated carbocycles. The van der Waals surface area contributed by atoms with Gasteiger partial charge in [-0.15, -0.1) is 0 Å². The van der Waals surface area contributed by atoms with E-state index in [2.05, 4.69) is 38.3 Å². The lowest BCUT2D eigenvalue weighted by atomic mass is 9.79. The number of rotatable bonds is 6. The lowest BCUT2D eigenvalue weighted by Crippen LogP contribution is -2.53. The van der Waals surface area contributed by atoms with Crippen LogP contribution < -0.4 is 5.32 Å². The number of likely N-dealkylation sites (tertiary alicyclic amines) is 1. The van der Waals surface area contributed by atoms with Crippen molar-refractivity contribution in [2.24, 2.45) is 5.92 Å². The van der Waals surface area contributed by atoms with Gasteiger partial charge >= 0.3 is 0 Å². The highest BCUT2D eigenvalue weighted by Crippen LogP contribution is 2.38. The molecule has 1 aromatic rings. The van der Waals surface area contributed by atoms with Crippen molar-refractivity contribution in [3.63, 3.8) is 0 Å². The van der Waals surface area contributed by atoms with Crippen molar-refractivity contribution >= 4 is 33.1 Å². The first-order valence-corrected chi connectivity index (χ1v) is 10.6. The summed E-state index contributed by atoms with van der Waals surface area (Å²) in [5.74, 6) is 0.121. The minimum atomic E-state index is -0.435. The Kier molecular flexibility index (Phi) is 7.08. The van der Waals surface area contributed by atoms with E-state index in [1.807, 2.05) is 12.1 Å². The number of nitrogens with zero attached hydrogens (tertiary/aromatic N) is 1. The zero-order valence-electron chi connectivity index (χ0n) is 15.7. The first-order valence-electron chi connectivity index (χ1n) is 9.45.